The lowest BCUT2D eigenvalue weighted by Crippen LogP contribution is -2.24. The van der Waals surface area contributed by atoms with Crippen LogP contribution in [0.3, 0.4) is 0 Å². The van der Waals surface area contributed by atoms with Crippen molar-refractivity contribution in [2.24, 2.45) is 0 Å². The summed E-state index contributed by atoms with van der Waals surface area (Å²) < 4.78 is 0. The van der Waals surface area contributed by atoms with Gasteiger partial charge in [-0.15, -0.1) is 0 Å². The van der Waals surface area contributed by atoms with Crippen LogP contribution in [0.4, 0.5) is 0 Å². The Morgan fingerprint density at radius 1 is 1.00 bits per heavy atom. The van der Waals surface area contributed by atoms with Gasteiger partial charge >= 0.3 is 0 Å². The zero-order chi connectivity index (χ0) is 14.4. The number of hydrogen-bond donors (Lipinski definition) is 1. The largest absolute Gasteiger partial charge is 0.352 e. The van der Waals surface area contributed by atoms with Gasteiger partial charge in [-0.25, -0.2) is 0 Å². The molecule has 0 saturated carbocycles. The van der Waals surface area contributed by atoms with Gasteiger partial charge in [0.25, 0.3) is 5.91 Å². The molecule has 0 saturated heterocycles. The van der Waals surface area contributed by atoms with Gasteiger partial charge in [0, 0.05) is 12.1 Å². The molecule has 0 aromatic heterocycles. The smallest absolute Gasteiger partial charge is 0.251 e. The first-order valence-corrected chi connectivity index (χ1v) is 7.05. The van der Waals surface area contributed by atoms with Crippen molar-refractivity contribution in [3.8, 4) is 0 Å². The van der Waals surface area contributed by atoms with Crippen molar-refractivity contribution < 1.29 is 4.79 Å². The molecular weight excluding hydrogens is 246 g/mol. The second-order valence-electron chi connectivity index (χ2n) is 5.21. The molecule has 0 atom stereocenters. The van der Waals surface area contributed by atoms with Gasteiger partial charge in [-0.05, 0) is 44.4 Å². The van der Waals surface area contributed by atoms with Crippen LogP contribution in [0.1, 0.15) is 33.5 Å². The van der Waals surface area contributed by atoms with E-state index in [-0.39, 0.29) is 5.91 Å². The van der Waals surface area contributed by atoms with Crippen molar-refractivity contribution in [2.45, 2.75) is 26.7 Å². The van der Waals surface area contributed by atoms with E-state index in [4.69, 9.17) is 0 Å². The number of carbonyl (C=O) groups is 1. The molecule has 0 heterocycles. The van der Waals surface area contributed by atoms with Gasteiger partial charge in [0.2, 0.25) is 0 Å². The highest BCUT2D eigenvalue weighted by Crippen LogP contribution is 2.06. The molecule has 0 spiro atoms. The van der Waals surface area contributed by atoms with Crippen LogP contribution in [-0.4, -0.2) is 12.5 Å². The maximum absolute atomic E-state index is 11.9. The zero-order valence-corrected chi connectivity index (χ0v) is 12.1. The molecule has 0 bridgehead atoms. The van der Waals surface area contributed by atoms with Gasteiger partial charge in [-0.3, -0.25) is 4.79 Å². The van der Waals surface area contributed by atoms with Gasteiger partial charge in [-0.1, -0.05) is 47.5 Å². The summed E-state index contributed by atoms with van der Waals surface area (Å²) in [4.78, 5) is 11.9. The van der Waals surface area contributed by atoms with Gasteiger partial charge < -0.3 is 5.32 Å². The van der Waals surface area contributed by atoms with Gasteiger partial charge in [0.05, 0.1) is 0 Å². The highest BCUT2D eigenvalue weighted by molar-refractivity contribution is 5.94. The fourth-order valence-corrected chi connectivity index (χ4v) is 2.17. The van der Waals surface area contributed by atoms with Crippen LogP contribution in [0, 0.1) is 13.8 Å². The normalized spacial score (nSPS) is 10.3. The molecule has 1 N–H and O–H groups in total. The molecule has 0 aliphatic heterocycles. The minimum atomic E-state index is 0.00856. The van der Waals surface area contributed by atoms with Gasteiger partial charge in [0.1, 0.15) is 0 Å². The van der Waals surface area contributed by atoms with Crippen molar-refractivity contribution in [1.82, 2.24) is 5.32 Å². The third-order valence-corrected chi connectivity index (χ3v) is 3.32. The summed E-state index contributed by atoms with van der Waals surface area (Å²) in [5.74, 6) is 0.00856. The molecule has 2 aromatic rings. The number of carbonyl (C=O) groups excluding carboxylic acids is 1. The SMILES string of the molecule is Cc1ccc(C(=O)NCCCc2cccc(C)c2)cc1. The molecule has 20 heavy (non-hydrogen) atoms. The molecule has 2 nitrogen and oxygen atoms in total. The quantitative estimate of drug-likeness (QED) is 0.823. The van der Waals surface area contributed by atoms with Crippen LogP contribution in [-0.2, 0) is 6.42 Å². The summed E-state index contributed by atoms with van der Waals surface area (Å²) in [5.41, 5.74) is 4.51. The van der Waals surface area contributed by atoms with E-state index in [2.05, 4.69) is 36.5 Å². The number of nitrogens with one attached hydrogen (secondary N) is 1. The minimum Gasteiger partial charge on any atom is -0.352 e. The lowest BCUT2D eigenvalue weighted by atomic mass is 10.1. The number of aryl methyl sites for hydroxylation is 3. The summed E-state index contributed by atoms with van der Waals surface area (Å²) in [5, 5.41) is 2.96. The summed E-state index contributed by atoms with van der Waals surface area (Å²) in [6.45, 7) is 4.83. The second kappa shape index (κ2) is 6.90. The lowest BCUT2D eigenvalue weighted by Gasteiger charge is -2.06. The van der Waals surface area contributed by atoms with E-state index in [1.807, 2.05) is 31.2 Å². The molecule has 2 rings (SSSR count). The molecule has 0 aliphatic rings. The highest BCUT2D eigenvalue weighted by atomic mass is 16.1. The Bertz CT molecular complexity index is 572. The monoisotopic (exact) mass is 267 g/mol. The third-order valence-electron chi connectivity index (χ3n) is 3.32. The first kappa shape index (κ1) is 14.3. The lowest BCUT2D eigenvalue weighted by molar-refractivity contribution is 0.0953. The average Bonchev–Trinajstić information content (AvgIpc) is 2.44. The molecule has 2 aromatic carbocycles. The van der Waals surface area contributed by atoms with Crippen LogP contribution in [0.15, 0.2) is 48.5 Å². The molecule has 104 valence electrons. The fraction of sp³-hybridized carbons (Fsp3) is 0.278. The van der Waals surface area contributed by atoms with Gasteiger partial charge in [0.15, 0.2) is 0 Å². The number of benzene rings is 2. The standard InChI is InChI=1S/C18H21NO/c1-14-8-10-17(11-9-14)18(20)19-12-4-7-16-6-3-5-15(2)13-16/h3,5-6,8-11,13H,4,7,12H2,1-2H3,(H,19,20). The second-order valence-corrected chi connectivity index (χ2v) is 5.21. The Labute approximate surface area is 120 Å². The summed E-state index contributed by atoms with van der Waals surface area (Å²) >= 11 is 0. The molecule has 0 radical (unpaired) electrons. The maximum Gasteiger partial charge on any atom is 0.251 e. The topological polar surface area (TPSA) is 29.1 Å². The predicted molar refractivity (Wildman–Crippen MR) is 83.0 cm³/mol. The Kier molecular flexibility index (Phi) is 4.94. The van der Waals surface area contributed by atoms with E-state index in [1.165, 1.54) is 16.7 Å². The Morgan fingerprint density at radius 2 is 1.75 bits per heavy atom. The molecular formula is C18H21NO. The first-order valence-electron chi connectivity index (χ1n) is 7.05. The predicted octanol–water partition coefficient (Wildman–Crippen LogP) is 3.67. The first-order chi connectivity index (χ1) is 9.65. The van der Waals surface area contributed by atoms with Crippen LogP contribution in [0.2, 0.25) is 0 Å². The van der Waals surface area contributed by atoms with E-state index in [0.29, 0.717) is 6.54 Å². The van der Waals surface area contributed by atoms with E-state index in [1.54, 1.807) is 0 Å². The Hall–Kier alpha value is -2.09. The van der Waals surface area contributed by atoms with Crippen LogP contribution >= 0.6 is 0 Å². The fourth-order valence-electron chi connectivity index (χ4n) is 2.17. The van der Waals surface area contributed by atoms with Crippen molar-refractivity contribution in [3.63, 3.8) is 0 Å². The van der Waals surface area contributed by atoms with Crippen molar-refractivity contribution in [3.05, 3.63) is 70.8 Å². The number of hydrogen-bond acceptors (Lipinski definition) is 1. The average molecular weight is 267 g/mol. The summed E-state index contributed by atoms with van der Waals surface area (Å²) in [7, 11) is 0. The third kappa shape index (κ3) is 4.23. The van der Waals surface area contributed by atoms with Crippen LogP contribution in [0.25, 0.3) is 0 Å². The Balaban J connectivity index is 1.76. The Morgan fingerprint density at radius 3 is 2.45 bits per heavy atom. The highest BCUT2D eigenvalue weighted by Gasteiger charge is 2.03. The van der Waals surface area contributed by atoms with E-state index in [0.717, 1.165) is 18.4 Å². The van der Waals surface area contributed by atoms with E-state index < -0.39 is 0 Å². The molecule has 0 fully saturated rings. The minimum absolute atomic E-state index is 0.00856. The zero-order valence-electron chi connectivity index (χ0n) is 12.1. The summed E-state index contributed by atoms with van der Waals surface area (Å²) in [6.07, 6.45) is 1.96. The molecule has 0 unspecified atom stereocenters. The van der Waals surface area contributed by atoms with E-state index in [9.17, 15) is 4.79 Å². The molecule has 1 amide bonds. The van der Waals surface area contributed by atoms with E-state index >= 15 is 0 Å². The molecule has 2 heteroatoms. The van der Waals surface area contributed by atoms with Crippen molar-refractivity contribution in [2.75, 3.05) is 6.54 Å². The van der Waals surface area contributed by atoms with Crippen molar-refractivity contribution in [1.29, 1.82) is 0 Å². The molecule has 0 aliphatic carbocycles. The summed E-state index contributed by atoms with van der Waals surface area (Å²) in [6, 6.07) is 16.2. The maximum atomic E-state index is 11.9. The van der Waals surface area contributed by atoms with Crippen LogP contribution in [0.5, 0.6) is 0 Å². The number of amides is 1. The van der Waals surface area contributed by atoms with Crippen LogP contribution < -0.4 is 5.32 Å². The number of rotatable bonds is 5. The van der Waals surface area contributed by atoms with Gasteiger partial charge in [-0.2, -0.15) is 0 Å². The van der Waals surface area contributed by atoms with Crippen molar-refractivity contribution >= 4 is 5.91 Å².